The molecule has 4 atom stereocenters. The Kier molecular flexibility index (Phi) is 29.2. The number of aryl methyl sites for hydroxylation is 1. The van der Waals surface area contributed by atoms with Gasteiger partial charge < -0.3 is 90.5 Å². The molecule has 0 radical (unpaired) electrons. The lowest BCUT2D eigenvalue weighted by Crippen LogP contribution is -2.46. The summed E-state index contributed by atoms with van der Waals surface area (Å²) in [7, 11) is 1.48. The number of urea groups is 1. The van der Waals surface area contributed by atoms with Crippen LogP contribution in [0.1, 0.15) is 95.8 Å². The van der Waals surface area contributed by atoms with E-state index in [2.05, 4.69) is 26.3 Å². The number of phenolic OH excluding ortho intramolecular Hbond substituents is 1. The van der Waals surface area contributed by atoms with Crippen LogP contribution in [-0.2, 0) is 54.3 Å². The number of likely N-dealkylation sites (N-methyl/N-ethyl adjacent to an activating group) is 1. The summed E-state index contributed by atoms with van der Waals surface area (Å²) >= 11 is 6.67. The van der Waals surface area contributed by atoms with E-state index in [0.717, 1.165) is 21.4 Å². The smallest absolute Gasteiger partial charge is 0.415 e. The van der Waals surface area contributed by atoms with E-state index < -0.39 is 77.7 Å². The molecule has 2 aliphatic heterocycles. The number of nitrogens with one attached hydrogen (secondary N) is 4. The van der Waals surface area contributed by atoms with Crippen LogP contribution in [0.25, 0.3) is 16.4 Å². The summed E-state index contributed by atoms with van der Waals surface area (Å²) in [5.74, 6) is -5.16. The summed E-state index contributed by atoms with van der Waals surface area (Å²) in [4.78, 5) is 153. The number of anilines is 3. The average molecular weight is 1460 g/mol. The number of phenols is 1. The number of carboxylic acid groups (broad SMARTS) is 1. The molecule has 8 rings (SSSR count). The van der Waals surface area contributed by atoms with Crippen LogP contribution in [0, 0.1) is 18.8 Å². The second-order valence-electron chi connectivity index (χ2n) is 25.1. The van der Waals surface area contributed by atoms with Gasteiger partial charge in [0, 0.05) is 111 Å². The van der Waals surface area contributed by atoms with E-state index in [4.69, 9.17) is 51.5 Å². The van der Waals surface area contributed by atoms with Crippen LogP contribution < -0.4 is 42.4 Å². The van der Waals surface area contributed by atoms with Gasteiger partial charge in [-0.2, -0.15) is 0 Å². The fourth-order valence-electron chi connectivity index (χ4n) is 11.6. The van der Waals surface area contributed by atoms with Crippen LogP contribution in [0.2, 0.25) is 0 Å². The number of carbonyl (C=O) groups excluding carboxylic acids is 10. The molecule has 10 N–H and O–H groups in total. The number of nitrogens with two attached hydrogens (primary N) is 2. The fourth-order valence-corrected chi connectivity index (χ4v) is 11.8. The first kappa shape index (κ1) is 79.0. The summed E-state index contributed by atoms with van der Waals surface area (Å²) in [5.41, 5.74) is 15.2. The number of ether oxygens (including phenoxy) is 6. The van der Waals surface area contributed by atoms with Gasteiger partial charge in [-0.1, -0.05) is 44.2 Å². The van der Waals surface area contributed by atoms with Gasteiger partial charge in [-0.3, -0.25) is 38.5 Å². The number of hydrogen-bond acceptors (Lipinski definition) is 20. The van der Waals surface area contributed by atoms with Crippen molar-refractivity contribution in [2.24, 2.45) is 23.3 Å². The zero-order valence-corrected chi connectivity index (χ0v) is 58.9. The molecule has 2 aliphatic rings. The lowest BCUT2D eigenvalue weighted by atomic mass is 9.89. The molecule has 0 unspecified atom stereocenters. The van der Waals surface area contributed by atoms with Crippen LogP contribution in [0.4, 0.5) is 36.2 Å². The van der Waals surface area contributed by atoms with Crippen LogP contribution in [0.3, 0.4) is 0 Å². The Hall–Kier alpha value is -10.7. The summed E-state index contributed by atoms with van der Waals surface area (Å²) in [6, 6.07) is 19.7. The van der Waals surface area contributed by atoms with Crippen molar-refractivity contribution in [1.82, 2.24) is 34.7 Å². The minimum absolute atomic E-state index is 0.0137. The van der Waals surface area contributed by atoms with Crippen molar-refractivity contribution in [3.05, 3.63) is 137 Å². The van der Waals surface area contributed by atoms with E-state index >= 15 is 0 Å². The summed E-state index contributed by atoms with van der Waals surface area (Å²) in [6.45, 7) is 6.46. The third-order valence-electron chi connectivity index (χ3n) is 17.2. The Morgan fingerprint density at radius 2 is 1.45 bits per heavy atom. The molecule has 556 valence electrons. The van der Waals surface area contributed by atoms with E-state index in [1.165, 1.54) is 53.3 Å². The van der Waals surface area contributed by atoms with Crippen molar-refractivity contribution in [1.29, 1.82) is 0 Å². The second kappa shape index (κ2) is 38.5. The lowest BCUT2D eigenvalue weighted by molar-refractivity contribution is -0.139. The summed E-state index contributed by atoms with van der Waals surface area (Å²) < 4.78 is 35.1. The molecule has 10 amide bonds. The van der Waals surface area contributed by atoms with Crippen molar-refractivity contribution in [3.8, 4) is 11.5 Å². The Bertz CT molecular complexity index is 4080. The lowest BCUT2D eigenvalue weighted by Gasteiger charge is -2.26. The highest BCUT2D eigenvalue weighted by atomic mass is 35.5. The SMILES string of the molecule is Cc1cccc2c(OC(=O)N(CCCC[C@H](N)C(=O)O)CCN(C)C(=O)OCc3ccc(NC(=O)[C@H](CCCNC(N)=O)CC(=O)[C@@H](NC(=O)OCCOCCOCCOCCN4C(=O)C=CC4=O)C(C)C)cc3)cc3c(c12)[C@H](CCl)CN3C(=O)c1cn2cc(NC(=O)c3ccc(O)cc3)ccc2n1. The van der Waals surface area contributed by atoms with Gasteiger partial charge in [-0.15, -0.1) is 11.6 Å². The number of amides is 10. The van der Waals surface area contributed by atoms with E-state index in [1.807, 2.05) is 19.1 Å². The number of benzene rings is 4. The van der Waals surface area contributed by atoms with Crippen molar-refractivity contribution < 1.29 is 91.4 Å². The molecule has 31 nitrogen and oxygen atoms in total. The molecule has 32 heteroatoms. The quantitative estimate of drug-likeness (QED) is 0.0109. The first-order valence-electron chi connectivity index (χ1n) is 33.9. The number of fused-ring (bicyclic) bond motifs is 4. The van der Waals surface area contributed by atoms with Gasteiger partial charge >= 0.3 is 30.3 Å². The van der Waals surface area contributed by atoms with Crippen LogP contribution in [0.15, 0.2) is 109 Å². The number of alkyl halides is 1. The van der Waals surface area contributed by atoms with Crippen molar-refractivity contribution >= 4 is 111 Å². The standard InChI is InChI=1S/C72H87ClN12O19/c1-44(2)64(80-70(96)102-36-35-101-34-33-100-32-31-99-30-29-84-60(88)23-24-61(84)89)57(87)37-48(10-8-25-76-69(75)95)66(91)77-50-17-13-46(14-18-50)43-103-71(97)81(4)27-28-82(26-6-5-12-54(74)68(93)94)72(98)104-58-38-56-63(62-45(3)9-7-11-53(58)62)49(39-73)40-85(56)67(92)55-42-83-41-51(19-22-59(83)79-55)78-65(90)47-15-20-52(86)21-16-47/h7,9,11,13-24,38,41-42,44,48-49,54,64,86H,5-6,8,10,12,25-37,39-40,43,74H2,1-4H3,(H,77,91)(H,78,90)(H,80,96)(H,93,94)(H3,75,76,95)/t48-,49-,54+,64+/m1/s1. The third kappa shape index (κ3) is 22.4. The zero-order valence-electron chi connectivity index (χ0n) is 58.2. The molecule has 4 aromatic carbocycles. The number of pyridine rings is 1. The van der Waals surface area contributed by atoms with Gasteiger partial charge in [0.1, 0.15) is 42.1 Å². The number of halogens is 1. The van der Waals surface area contributed by atoms with Gasteiger partial charge in [-0.25, -0.2) is 24.2 Å². The summed E-state index contributed by atoms with van der Waals surface area (Å²) in [6.07, 6.45) is 4.05. The monoisotopic (exact) mass is 1460 g/mol. The largest absolute Gasteiger partial charge is 0.508 e. The number of nitrogens with zero attached hydrogens (tertiary/aromatic N) is 6. The third-order valence-corrected chi connectivity index (χ3v) is 17.6. The van der Waals surface area contributed by atoms with Gasteiger partial charge in [0.15, 0.2) is 5.78 Å². The van der Waals surface area contributed by atoms with Gasteiger partial charge in [0.05, 0.1) is 63.6 Å². The topological polar surface area (TPSA) is 414 Å². The number of Topliss-reactive ketones (excluding diaryl/α,β-unsaturated/α-hetero) is 1. The molecule has 0 saturated heterocycles. The molecule has 6 aromatic rings. The molecule has 104 heavy (non-hydrogen) atoms. The summed E-state index contributed by atoms with van der Waals surface area (Å²) in [5, 5.41) is 31.2. The predicted molar refractivity (Wildman–Crippen MR) is 381 cm³/mol. The Morgan fingerprint density at radius 1 is 0.769 bits per heavy atom. The number of unbranched alkanes of at least 4 members (excludes halogenated alkanes) is 1. The number of carbonyl (C=O) groups is 11. The molecule has 2 aromatic heterocycles. The molecule has 0 aliphatic carbocycles. The Labute approximate surface area is 604 Å². The fraction of sp³-hybridized carbons (Fsp3) is 0.417. The van der Waals surface area contributed by atoms with Gasteiger partial charge in [-0.05, 0) is 116 Å². The number of rotatable bonds is 39. The van der Waals surface area contributed by atoms with Gasteiger partial charge in [0.2, 0.25) is 5.91 Å². The maximum Gasteiger partial charge on any atom is 0.415 e. The van der Waals surface area contributed by atoms with Crippen LogP contribution in [0.5, 0.6) is 11.5 Å². The van der Waals surface area contributed by atoms with Crippen molar-refractivity contribution in [2.45, 2.75) is 83.9 Å². The van der Waals surface area contributed by atoms with Crippen molar-refractivity contribution in [2.75, 3.05) is 114 Å². The number of primary amides is 1. The highest BCUT2D eigenvalue weighted by Gasteiger charge is 2.38. The molecule has 0 fully saturated rings. The van der Waals surface area contributed by atoms with E-state index in [9.17, 15) is 63.0 Å². The molecule has 0 spiro atoms. The number of aromatic nitrogens is 2. The number of carboxylic acids is 1. The number of hydrogen-bond donors (Lipinski definition) is 8. The van der Waals surface area contributed by atoms with E-state index in [0.29, 0.717) is 52.1 Å². The first-order valence-corrected chi connectivity index (χ1v) is 34.4. The predicted octanol–water partition coefficient (Wildman–Crippen LogP) is 7.08. The molecular formula is C72H87ClN12O19. The molecular weight excluding hydrogens is 1370 g/mol. The zero-order chi connectivity index (χ0) is 75.0. The molecule has 0 bridgehead atoms. The number of alkyl carbamates (subject to hydrolysis) is 1. The maximum atomic E-state index is 14.7. The molecule has 0 saturated carbocycles. The number of imide groups is 1. The number of aliphatic carboxylic acids is 1. The normalized spacial score (nSPS) is 14.0. The van der Waals surface area contributed by atoms with E-state index in [1.54, 1.807) is 84.1 Å². The minimum atomic E-state index is -1.17. The highest BCUT2D eigenvalue weighted by Crippen LogP contribution is 2.47. The van der Waals surface area contributed by atoms with Crippen molar-refractivity contribution in [3.63, 3.8) is 0 Å². The number of ketones is 1. The molecule has 4 heterocycles. The Balaban J connectivity index is 0.844. The number of aromatic hydroxyl groups is 1. The highest BCUT2D eigenvalue weighted by molar-refractivity contribution is 6.19. The Morgan fingerprint density at radius 3 is 2.12 bits per heavy atom. The van der Waals surface area contributed by atoms with Crippen LogP contribution in [-0.4, -0.2) is 210 Å². The van der Waals surface area contributed by atoms with Gasteiger partial charge in [0.25, 0.3) is 23.6 Å². The second-order valence-corrected chi connectivity index (χ2v) is 25.4. The van der Waals surface area contributed by atoms with E-state index in [-0.39, 0.29) is 159 Å². The average Bonchev–Trinajstić information content (AvgIpc) is 1.55. The van der Waals surface area contributed by atoms with Crippen LogP contribution >= 0.6 is 11.6 Å². The first-order chi connectivity index (χ1) is 49.9. The number of imidazole rings is 1. The minimum Gasteiger partial charge on any atom is -0.508 e. The maximum absolute atomic E-state index is 14.7.